The summed E-state index contributed by atoms with van der Waals surface area (Å²) in [5, 5.41) is 15.9. The molecule has 0 saturated heterocycles. The minimum atomic E-state index is -0.602. The number of anilines is 1. The van der Waals surface area contributed by atoms with Crippen LogP contribution in [-0.4, -0.2) is 29.1 Å². The van der Waals surface area contributed by atoms with Crippen molar-refractivity contribution in [2.24, 2.45) is 0 Å². The van der Waals surface area contributed by atoms with Crippen molar-refractivity contribution in [1.82, 2.24) is 5.32 Å². The molecule has 8 nitrogen and oxygen atoms in total. The topological polar surface area (TPSA) is 111 Å². The Labute approximate surface area is 139 Å². The normalized spacial score (nSPS) is 10.2. The molecule has 0 aliphatic rings. The molecule has 0 atom stereocenters. The number of ether oxygens (including phenoxy) is 1. The number of hydrogen-bond donors (Lipinski definition) is 2. The van der Waals surface area contributed by atoms with Crippen LogP contribution < -0.4 is 10.6 Å². The van der Waals surface area contributed by atoms with Crippen molar-refractivity contribution >= 4 is 23.4 Å². The fourth-order valence-electron chi connectivity index (χ4n) is 1.63. The van der Waals surface area contributed by atoms with Crippen LogP contribution in [-0.2, 0) is 9.53 Å². The lowest BCUT2D eigenvalue weighted by Crippen LogP contribution is -2.32. The molecule has 0 radical (unpaired) electrons. The van der Waals surface area contributed by atoms with E-state index in [2.05, 4.69) is 22.5 Å². The van der Waals surface area contributed by atoms with Crippen molar-refractivity contribution < 1.29 is 19.2 Å². The van der Waals surface area contributed by atoms with Crippen molar-refractivity contribution in [2.75, 3.05) is 11.9 Å². The van der Waals surface area contributed by atoms with Crippen molar-refractivity contribution in [2.45, 2.75) is 33.3 Å². The highest BCUT2D eigenvalue weighted by molar-refractivity contribution is 5.91. The second kappa shape index (κ2) is 7.97. The maximum Gasteiger partial charge on any atom is 0.408 e. The lowest BCUT2D eigenvalue weighted by molar-refractivity contribution is -0.383. The number of carbonyl (C=O) groups excluding carboxylic acids is 2. The molecule has 0 saturated carbocycles. The first-order valence-electron chi connectivity index (χ1n) is 7.10. The standard InChI is InChI=1S/C16H19N3O5/c1-11(20)18-13-8-7-12(10-14(13)19(22)23)6-5-9-17-15(21)24-16(2,3)4/h7-8,10H,9H2,1-4H3,(H,17,21)(H,18,20). The van der Waals surface area contributed by atoms with Gasteiger partial charge in [-0.05, 0) is 32.9 Å². The van der Waals surface area contributed by atoms with Crippen molar-refractivity contribution in [1.29, 1.82) is 0 Å². The molecule has 2 N–H and O–H groups in total. The Morgan fingerprint density at radius 2 is 2.00 bits per heavy atom. The molecule has 0 unspecified atom stereocenters. The summed E-state index contributed by atoms with van der Waals surface area (Å²) < 4.78 is 5.05. The average Bonchev–Trinajstić information content (AvgIpc) is 2.42. The van der Waals surface area contributed by atoms with Gasteiger partial charge in [-0.3, -0.25) is 14.9 Å². The highest BCUT2D eigenvalue weighted by Crippen LogP contribution is 2.25. The van der Waals surface area contributed by atoms with E-state index in [1.54, 1.807) is 26.8 Å². The summed E-state index contributed by atoms with van der Waals surface area (Å²) in [4.78, 5) is 32.9. The monoisotopic (exact) mass is 333 g/mol. The van der Waals surface area contributed by atoms with Gasteiger partial charge in [0.1, 0.15) is 11.3 Å². The zero-order chi connectivity index (χ0) is 18.3. The molecular weight excluding hydrogens is 314 g/mol. The van der Waals surface area contributed by atoms with Crippen LogP contribution in [0.1, 0.15) is 33.3 Å². The number of amides is 2. The number of rotatable bonds is 3. The maximum absolute atomic E-state index is 11.4. The highest BCUT2D eigenvalue weighted by Gasteiger charge is 2.16. The summed E-state index contributed by atoms with van der Waals surface area (Å²) in [6, 6.07) is 4.20. The SMILES string of the molecule is CC(=O)Nc1ccc(C#CCNC(=O)OC(C)(C)C)cc1[N+](=O)[O-]. The van der Waals surface area contributed by atoms with Crippen LogP contribution in [0.3, 0.4) is 0 Å². The van der Waals surface area contributed by atoms with E-state index < -0.39 is 22.5 Å². The minimum Gasteiger partial charge on any atom is -0.444 e. The van der Waals surface area contributed by atoms with Crippen molar-refractivity contribution in [3.8, 4) is 11.8 Å². The average molecular weight is 333 g/mol. The quantitative estimate of drug-likeness (QED) is 0.501. The number of carbonyl (C=O) groups is 2. The van der Waals surface area contributed by atoms with Gasteiger partial charge in [-0.25, -0.2) is 4.79 Å². The first kappa shape index (κ1) is 19.0. The van der Waals surface area contributed by atoms with Gasteiger partial charge in [0.2, 0.25) is 5.91 Å². The van der Waals surface area contributed by atoms with Crippen LogP contribution >= 0.6 is 0 Å². The van der Waals surface area contributed by atoms with E-state index in [-0.39, 0.29) is 17.9 Å². The molecule has 0 bridgehead atoms. The second-order valence-electron chi connectivity index (χ2n) is 5.83. The van der Waals surface area contributed by atoms with E-state index in [4.69, 9.17) is 4.74 Å². The first-order valence-corrected chi connectivity index (χ1v) is 7.10. The summed E-state index contributed by atoms with van der Waals surface area (Å²) in [5.74, 6) is 4.97. The van der Waals surface area contributed by atoms with Crippen LogP contribution in [0.15, 0.2) is 18.2 Å². The molecule has 0 aromatic heterocycles. The number of hydrogen-bond acceptors (Lipinski definition) is 5. The number of nitro benzene ring substituents is 1. The molecule has 0 aliphatic heterocycles. The molecule has 1 rings (SSSR count). The third kappa shape index (κ3) is 6.79. The summed E-state index contributed by atoms with van der Waals surface area (Å²) in [6.45, 7) is 6.53. The van der Waals surface area contributed by atoms with E-state index in [1.807, 2.05) is 0 Å². The van der Waals surface area contributed by atoms with Gasteiger partial charge in [0.05, 0.1) is 11.5 Å². The molecule has 1 aromatic rings. The van der Waals surface area contributed by atoms with Crippen LogP contribution in [0.25, 0.3) is 0 Å². The lowest BCUT2D eigenvalue weighted by atomic mass is 10.1. The maximum atomic E-state index is 11.4. The van der Waals surface area contributed by atoms with Crippen molar-refractivity contribution in [3.63, 3.8) is 0 Å². The van der Waals surface area contributed by atoms with Gasteiger partial charge >= 0.3 is 6.09 Å². The Morgan fingerprint density at radius 1 is 1.33 bits per heavy atom. The minimum absolute atomic E-state index is 0.0379. The molecule has 128 valence electrons. The number of nitrogens with one attached hydrogen (secondary N) is 2. The molecule has 0 spiro atoms. The van der Waals surface area contributed by atoms with E-state index in [0.29, 0.717) is 5.56 Å². The van der Waals surface area contributed by atoms with Crippen LogP contribution in [0, 0.1) is 22.0 Å². The summed E-state index contributed by atoms with van der Waals surface area (Å²) in [7, 11) is 0. The molecule has 24 heavy (non-hydrogen) atoms. The fraction of sp³-hybridized carbons (Fsp3) is 0.375. The van der Waals surface area contributed by atoms with E-state index >= 15 is 0 Å². The molecule has 0 aliphatic carbocycles. The van der Waals surface area contributed by atoms with Gasteiger partial charge in [-0.1, -0.05) is 11.8 Å². The predicted molar refractivity (Wildman–Crippen MR) is 88.5 cm³/mol. The van der Waals surface area contributed by atoms with E-state index in [1.165, 1.54) is 19.1 Å². The number of nitro groups is 1. The molecule has 2 amide bonds. The predicted octanol–water partition coefficient (Wildman–Crippen LogP) is 2.43. The number of alkyl carbamates (subject to hydrolysis) is 1. The van der Waals surface area contributed by atoms with Gasteiger partial charge in [-0.2, -0.15) is 0 Å². The Bertz CT molecular complexity index is 711. The van der Waals surface area contributed by atoms with Gasteiger partial charge < -0.3 is 15.4 Å². The molecule has 0 heterocycles. The Morgan fingerprint density at radius 3 is 2.54 bits per heavy atom. The zero-order valence-corrected chi connectivity index (χ0v) is 13.9. The summed E-state index contributed by atoms with van der Waals surface area (Å²) in [6.07, 6.45) is -0.594. The van der Waals surface area contributed by atoms with Crippen LogP contribution in [0.5, 0.6) is 0 Å². The second-order valence-corrected chi connectivity index (χ2v) is 5.83. The molecule has 1 aromatic carbocycles. The Hall–Kier alpha value is -3.08. The third-order valence-electron chi connectivity index (χ3n) is 2.46. The van der Waals surface area contributed by atoms with Crippen LogP contribution in [0.2, 0.25) is 0 Å². The Balaban J connectivity index is 2.76. The van der Waals surface area contributed by atoms with Gasteiger partial charge in [0, 0.05) is 18.6 Å². The molecule has 8 heteroatoms. The largest absolute Gasteiger partial charge is 0.444 e. The molecule has 0 fully saturated rings. The number of nitrogens with zero attached hydrogens (tertiary/aromatic N) is 1. The van der Waals surface area contributed by atoms with Gasteiger partial charge in [0.15, 0.2) is 0 Å². The Kier molecular flexibility index (Phi) is 6.30. The van der Waals surface area contributed by atoms with E-state index in [9.17, 15) is 19.7 Å². The molecular formula is C16H19N3O5. The highest BCUT2D eigenvalue weighted by atomic mass is 16.6. The van der Waals surface area contributed by atoms with E-state index in [0.717, 1.165) is 0 Å². The summed E-state index contributed by atoms with van der Waals surface area (Å²) in [5.41, 5.74) is -0.360. The lowest BCUT2D eigenvalue weighted by Gasteiger charge is -2.18. The van der Waals surface area contributed by atoms with Gasteiger partial charge in [0.25, 0.3) is 5.69 Å². The summed E-state index contributed by atoms with van der Waals surface area (Å²) >= 11 is 0. The third-order valence-corrected chi connectivity index (χ3v) is 2.46. The zero-order valence-electron chi connectivity index (χ0n) is 13.9. The van der Waals surface area contributed by atoms with Crippen LogP contribution in [0.4, 0.5) is 16.2 Å². The number of benzene rings is 1. The fourth-order valence-corrected chi connectivity index (χ4v) is 1.63. The van der Waals surface area contributed by atoms with Crippen molar-refractivity contribution in [3.05, 3.63) is 33.9 Å². The first-order chi connectivity index (χ1) is 11.1. The van der Waals surface area contributed by atoms with Gasteiger partial charge in [-0.15, -0.1) is 0 Å². The smallest absolute Gasteiger partial charge is 0.408 e.